The number of fused-ring (bicyclic) bond motifs is 9. The molecular weight excluding hydrogens is 791 g/mol. The second-order valence-corrected chi connectivity index (χ2v) is 16.8. The number of aromatic nitrogens is 4. The molecule has 5 nitrogen and oxygen atoms in total. The largest absolute Gasteiger partial charge is 0.355 e. The molecular formula is C60H37N5. The summed E-state index contributed by atoms with van der Waals surface area (Å²) in [6, 6.07) is 75.8. The third kappa shape index (κ3) is 5.75. The van der Waals surface area contributed by atoms with E-state index in [0.29, 0.717) is 5.56 Å². The number of H-pyrrole nitrogens is 1. The molecule has 0 amide bonds. The summed E-state index contributed by atoms with van der Waals surface area (Å²) < 4.78 is 4.83. The van der Waals surface area contributed by atoms with E-state index in [9.17, 15) is 5.26 Å². The van der Waals surface area contributed by atoms with Crippen molar-refractivity contribution in [2.45, 2.75) is 0 Å². The van der Waals surface area contributed by atoms with Gasteiger partial charge in [-0.05, 0) is 89.0 Å². The van der Waals surface area contributed by atoms with E-state index in [1.54, 1.807) is 0 Å². The summed E-state index contributed by atoms with van der Waals surface area (Å²) in [4.78, 5) is 8.49. The van der Waals surface area contributed by atoms with Crippen LogP contribution >= 0.6 is 0 Å². The fourth-order valence-corrected chi connectivity index (χ4v) is 10.2. The summed E-state index contributed by atoms with van der Waals surface area (Å²) in [5.41, 5.74) is 18.4. The maximum Gasteiger partial charge on any atom is 0.0991 e. The van der Waals surface area contributed by atoms with Gasteiger partial charge in [-0.3, -0.25) is 4.98 Å². The first-order valence-electron chi connectivity index (χ1n) is 21.9. The summed E-state index contributed by atoms with van der Waals surface area (Å²) in [5, 5.41) is 16.9. The van der Waals surface area contributed by atoms with Crippen LogP contribution < -0.4 is 0 Å². The Hall–Kier alpha value is -8.98. The lowest BCUT2D eigenvalue weighted by Gasteiger charge is -2.16. The first-order valence-corrected chi connectivity index (χ1v) is 21.9. The molecule has 0 saturated carbocycles. The Morgan fingerprint density at radius 2 is 0.862 bits per heavy atom. The van der Waals surface area contributed by atoms with E-state index in [4.69, 9.17) is 4.98 Å². The highest BCUT2D eigenvalue weighted by molar-refractivity contribution is 6.15. The predicted molar refractivity (Wildman–Crippen MR) is 269 cm³/mol. The highest BCUT2D eigenvalue weighted by Crippen LogP contribution is 2.43. The standard InChI is InChI=1S/C60H37N5/c61-35-38-21-23-42(24-22-38)59-52(39-11-2-1-3-12-39)36-62-37-53(59)41-27-25-40(26-28-41)45-16-10-17-49-48-15-6-9-20-58(48)65(60(45)49)44-30-32-55-51(34-44)50-33-43(29-31-54(50)63-55)64-56-18-7-4-13-46(56)47-14-5-8-19-57(47)64/h1-34,36-37,63H. The fourth-order valence-electron chi connectivity index (χ4n) is 10.2. The van der Waals surface area contributed by atoms with Crippen LogP contribution in [-0.4, -0.2) is 19.1 Å². The summed E-state index contributed by atoms with van der Waals surface area (Å²) in [7, 11) is 0. The highest BCUT2D eigenvalue weighted by Gasteiger charge is 2.20. The third-order valence-corrected chi connectivity index (χ3v) is 13.2. The lowest BCUT2D eigenvalue weighted by atomic mass is 9.89. The van der Waals surface area contributed by atoms with Crippen LogP contribution in [0.2, 0.25) is 0 Å². The Balaban J connectivity index is 0.966. The van der Waals surface area contributed by atoms with Gasteiger partial charge in [0.15, 0.2) is 0 Å². The van der Waals surface area contributed by atoms with Crippen molar-refractivity contribution in [3.05, 3.63) is 224 Å². The molecule has 302 valence electrons. The lowest BCUT2D eigenvalue weighted by molar-refractivity contribution is 1.18. The van der Waals surface area contributed by atoms with Crippen LogP contribution in [0.15, 0.2) is 219 Å². The second kappa shape index (κ2) is 14.6. The predicted octanol–water partition coefficient (Wildman–Crippen LogP) is 15.4. The molecule has 4 aromatic heterocycles. The topological polar surface area (TPSA) is 62.3 Å². The molecule has 4 heterocycles. The molecule has 5 heteroatoms. The Labute approximate surface area is 374 Å². The molecule has 0 radical (unpaired) electrons. The zero-order valence-electron chi connectivity index (χ0n) is 35.1. The number of aromatic amines is 1. The summed E-state index contributed by atoms with van der Waals surface area (Å²) in [5.74, 6) is 0. The number of nitrogens with one attached hydrogen (secondary N) is 1. The van der Waals surface area contributed by atoms with E-state index in [1.807, 2.05) is 42.7 Å². The van der Waals surface area contributed by atoms with Crippen molar-refractivity contribution in [1.29, 1.82) is 5.26 Å². The third-order valence-electron chi connectivity index (χ3n) is 13.2. The zero-order chi connectivity index (χ0) is 43.0. The number of hydrogen-bond donors (Lipinski definition) is 1. The van der Waals surface area contributed by atoms with Crippen molar-refractivity contribution in [3.8, 4) is 62.0 Å². The highest BCUT2D eigenvalue weighted by atomic mass is 15.0. The van der Waals surface area contributed by atoms with Crippen molar-refractivity contribution < 1.29 is 0 Å². The first kappa shape index (κ1) is 36.7. The molecule has 0 bridgehead atoms. The molecule has 0 atom stereocenters. The number of pyridine rings is 1. The Bertz CT molecular complexity index is 4000. The SMILES string of the molecule is N#Cc1ccc(-c2c(-c3ccccc3)cncc2-c2ccc(-c3cccc4c5ccccc5n(-c5ccc6[nH]c7ccc(-n8c9ccccc9c9ccccc98)cc7c6c5)c34)cc2)cc1. The smallest absolute Gasteiger partial charge is 0.0991 e. The quantitative estimate of drug-likeness (QED) is 0.181. The molecule has 65 heavy (non-hydrogen) atoms. The van der Waals surface area contributed by atoms with Crippen molar-refractivity contribution in [3.63, 3.8) is 0 Å². The Morgan fingerprint density at radius 1 is 0.385 bits per heavy atom. The average molecular weight is 828 g/mol. The zero-order valence-corrected chi connectivity index (χ0v) is 35.1. The van der Waals surface area contributed by atoms with Gasteiger partial charge in [-0.2, -0.15) is 5.26 Å². The minimum atomic E-state index is 0.632. The normalized spacial score (nSPS) is 11.7. The van der Waals surface area contributed by atoms with Gasteiger partial charge in [-0.25, -0.2) is 0 Å². The molecule has 0 unspecified atom stereocenters. The number of nitriles is 1. The minimum Gasteiger partial charge on any atom is -0.355 e. The molecule has 9 aromatic carbocycles. The van der Waals surface area contributed by atoms with Crippen molar-refractivity contribution in [2.75, 3.05) is 0 Å². The van der Waals surface area contributed by atoms with Crippen LogP contribution in [0, 0.1) is 11.3 Å². The number of para-hydroxylation sites is 4. The summed E-state index contributed by atoms with van der Waals surface area (Å²) in [6.45, 7) is 0. The van der Waals surface area contributed by atoms with Gasteiger partial charge in [0, 0.05) is 89.4 Å². The van der Waals surface area contributed by atoms with E-state index in [-0.39, 0.29) is 0 Å². The van der Waals surface area contributed by atoms with Gasteiger partial charge in [0.1, 0.15) is 0 Å². The van der Waals surface area contributed by atoms with E-state index < -0.39 is 0 Å². The first-order chi connectivity index (χ1) is 32.2. The van der Waals surface area contributed by atoms with Gasteiger partial charge in [0.05, 0.1) is 33.7 Å². The van der Waals surface area contributed by atoms with Gasteiger partial charge in [0.25, 0.3) is 0 Å². The number of rotatable bonds is 6. The minimum absolute atomic E-state index is 0.632. The second-order valence-electron chi connectivity index (χ2n) is 16.8. The molecule has 1 N–H and O–H groups in total. The van der Waals surface area contributed by atoms with Gasteiger partial charge in [-0.15, -0.1) is 0 Å². The number of benzene rings is 9. The van der Waals surface area contributed by atoms with Gasteiger partial charge in [0.2, 0.25) is 0 Å². The Kier molecular flexibility index (Phi) is 8.21. The molecule has 0 aliphatic carbocycles. The number of nitrogens with zero attached hydrogens (tertiary/aromatic N) is 4. The van der Waals surface area contributed by atoms with Gasteiger partial charge in [-0.1, -0.05) is 140 Å². The van der Waals surface area contributed by atoms with Crippen LogP contribution in [0.4, 0.5) is 0 Å². The van der Waals surface area contributed by atoms with E-state index in [1.165, 1.54) is 43.4 Å². The van der Waals surface area contributed by atoms with Crippen LogP contribution in [0.25, 0.3) is 121 Å². The van der Waals surface area contributed by atoms with Crippen LogP contribution in [0.1, 0.15) is 5.56 Å². The fraction of sp³-hybridized carbons (Fsp3) is 0. The van der Waals surface area contributed by atoms with E-state index in [2.05, 4.69) is 196 Å². The van der Waals surface area contributed by atoms with Gasteiger partial charge < -0.3 is 14.1 Å². The summed E-state index contributed by atoms with van der Waals surface area (Å²) in [6.07, 6.45) is 3.90. The van der Waals surface area contributed by atoms with Crippen molar-refractivity contribution in [2.24, 2.45) is 0 Å². The molecule has 0 aliphatic rings. The molecule has 13 rings (SSSR count). The van der Waals surface area contributed by atoms with Crippen LogP contribution in [0.5, 0.6) is 0 Å². The van der Waals surface area contributed by atoms with Crippen molar-refractivity contribution >= 4 is 65.4 Å². The molecule has 13 aromatic rings. The lowest BCUT2D eigenvalue weighted by Crippen LogP contribution is -1.96. The monoisotopic (exact) mass is 827 g/mol. The maximum absolute atomic E-state index is 9.57. The van der Waals surface area contributed by atoms with Crippen LogP contribution in [0.3, 0.4) is 0 Å². The molecule has 0 saturated heterocycles. The molecule has 0 fully saturated rings. The number of hydrogen-bond acceptors (Lipinski definition) is 2. The molecule has 0 aliphatic heterocycles. The molecule has 0 spiro atoms. The summed E-state index contributed by atoms with van der Waals surface area (Å²) >= 11 is 0. The van der Waals surface area contributed by atoms with Crippen LogP contribution in [-0.2, 0) is 0 Å². The van der Waals surface area contributed by atoms with Crippen molar-refractivity contribution in [1.82, 2.24) is 19.1 Å². The van der Waals surface area contributed by atoms with E-state index in [0.717, 1.165) is 77.9 Å². The Morgan fingerprint density at radius 3 is 1.46 bits per heavy atom. The van der Waals surface area contributed by atoms with E-state index >= 15 is 0 Å². The maximum atomic E-state index is 9.57. The average Bonchev–Trinajstić information content (AvgIpc) is 4.04. The van der Waals surface area contributed by atoms with Gasteiger partial charge >= 0.3 is 0 Å².